The van der Waals surface area contributed by atoms with Gasteiger partial charge in [-0.3, -0.25) is 4.99 Å². The van der Waals surface area contributed by atoms with E-state index in [0.29, 0.717) is 0 Å². The molecule has 3 heteroatoms. The summed E-state index contributed by atoms with van der Waals surface area (Å²) in [4.78, 5) is 4.47. The van der Waals surface area contributed by atoms with Gasteiger partial charge in [-0.25, -0.2) is 0 Å². The molecule has 17 heavy (non-hydrogen) atoms. The van der Waals surface area contributed by atoms with Gasteiger partial charge in [0.05, 0.1) is 6.10 Å². The molecule has 1 atom stereocenters. The van der Waals surface area contributed by atoms with Crippen molar-refractivity contribution in [3.05, 3.63) is 29.8 Å². The van der Waals surface area contributed by atoms with Crippen LogP contribution in [0.2, 0.25) is 0 Å². The van der Waals surface area contributed by atoms with E-state index < -0.39 is 0 Å². The van der Waals surface area contributed by atoms with Crippen molar-refractivity contribution in [2.24, 2.45) is 4.99 Å². The molecule has 0 saturated carbocycles. The summed E-state index contributed by atoms with van der Waals surface area (Å²) in [5.41, 5.74) is 1.14. The molecule has 1 aliphatic heterocycles. The van der Waals surface area contributed by atoms with Crippen LogP contribution in [-0.2, 0) is 0 Å². The fraction of sp³-hybridized carbons (Fsp3) is 0.500. The van der Waals surface area contributed by atoms with Gasteiger partial charge in [-0.15, -0.1) is 0 Å². The average Bonchev–Trinajstić information content (AvgIpc) is 2.40. The summed E-state index contributed by atoms with van der Waals surface area (Å²) in [6.45, 7) is 6.15. The van der Waals surface area contributed by atoms with Crippen molar-refractivity contribution in [2.45, 2.75) is 32.8 Å². The molecule has 0 aromatic heterocycles. The molecule has 0 fully saturated rings. The predicted octanol–water partition coefficient (Wildman–Crippen LogP) is 2.60. The van der Waals surface area contributed by atoms with Crippen LogP contribution in [0.1, 0.15) is 32.3 Å². The quantitative estimate of drug-likeness (QED) is 0.865. The average molecular weight is 232 g/mol. The highest BCUT2D eigenvalue weighted by molar-refractivity contribution is 5.99. The van der Waals surface area contributed by atoms with E-state index in [1.165, 1.54) is 0 Å². The standard InChI is InChI=1S/C14H20N2O/c1-3-11(2)17-13-7-5-12(6-8-13)14-15-9-4-10-16-14/h5-8,11H,3-4,9-10H2,1-2H3,(H,15,16). The van der Waals surface area contributed by atoms with Crippen LogP contribution >= 0.6 is 0 Å². The van der Waals surface area contributed by atoms with Gasteiger partial charge in [0.1, 0.15) is 11.6 Å². The monoisotopic (exact) mass is 232 g/mol. The molecule has 1 heterocycles. The first-order chi connectivity index (χ1) is 8.29. The summed E-state index contributed by atoms with van der Waals surface area (Å²) >= 11 is 0. The predicted molar refractivity (Wildman–Crippen MR) is 70.8 cm³/mol. The van der Waals surface area contributed by atoms with Gasteiger partial charge in [0, 0.05) is 18.7 Å². The smallest absolute Gasteiger partial charge is 0.128 e. The number of nitrogens with one attached hydrogen (secondary N) is 1. The normalized spacial score (nSPS) is 16.9. The van der Waals surface area contributed by atoms with Crippen molar-refractivity contribution in [1.82, 2.24) is 5.32 Å². The molecule has 0 amide bonds. The van der Waals surface area contributed by atoms with Crippen LogP contribution in [0.25, 0.3) is 0 Å². The lowest BCUT2D eigenvalue weighted by molar-refractivity contribution is 0.217. The molecule has 3 nitrogen and oxygen atoms in total. The molecule has 0 bridgehead atoms. The summed E-state index contributed by atoms with van der Waals surface area (Å²) in [5.74, 6) is 1.94. The van der Waals surface area contributed by atoms with E-state index in [0.717, 1.165) is 43.1 Å². The van der Waals surface area contributed by atoms with Crippen LogP contribution in [0.15, 0.2) is 29.3 Å². The second kappa shape index (κ2) is 5.71. The Kier molecular flexibility index (Phi) is 4.02. The molecule has 1 aromatic carbocycles. The van der Waals surface area contributed by atoms with Gasteiger partial charge >= 0.3 is 0 Å². The van der Waals surface area contributed by atoms with Crippen LogP contribution in [0.4, 0.5) is 0 Å². The first-order valence-corrected chi connectivity index (χ1v) is 6.35. The molecule has 92 valence electrons. The number of rotatable bonds is 4. The van der Waals surface area contributed by atoms with Crippen LogP contribution in [0, 0.1) is 0 Å². The Bertz CT molecular complexity index is 384. The van der Waals surface area contributed by atoms with Gasteiger partial charge in [0.15, 0.2) is 0 Å². The molecular formula is C14H20N2O. The summed E-state index contributed by atoms with van der Waals surface area (Å²) in [5, 5.41) is 3.32. The van der Waals surface area contributed by atoms with Gasteiger partial charge in [0.2, 0.25) is 0 Å². The van der Waals surface area contributed by atoms with E-state index in [2.05, 4.69) is 36.3 Å². The van der Waals surface area contributed by atoms with Crippen LogP contribution in [-0.4, -0.2) is 25.0 Å². The van der Waals surface area contributed by atoms with Gasteiger partial charge in [-0.1, -0.05) is 6.92 Å². The van der Waals surface area contributed by atoms with Crippen molar-refractivity contribution in [3.63, 3.8) is 0 Å². The van der Waals surface area contributed by atoms with Crippen molar-refractivity contribution < 1.29 is 4.74 Å². The number of amidine groups is 1. The first-order valence-electron chi connectivity index (χ1n) is 6.35. The van der Waals surface area contributed by atoms with Gasteiger partial charge in [-0.05, 0) is 44.0 Å². The lowest BCUT2D eigenvalue weighted by Crippen LogP contribution is -2.30. The van der Waals surface area contributed by atoms with Crippen LogP contribution in [0.5, 0.6) is 5.75 Å². The number of hydrogen-bond donors (Lipinski definition) is 1. The van der Waals surface area contributed by atoms with Crippen LogP contribution in [0.3, 0.4) is 0 Å². The molecule has 0 radical (unpaired) electrons. The minimum Gasteiger partial charge on any atom is -0.491 e. The molecular weight excluding hydrogens is 212 g/mol. The third-order valence-electron chi connectivity index (χ3n) is 2.94. The van der Waals surface area contributed by atoms with Crippen molar-refractivity contribution in [3.8, 4) is 5.75 Å². The maximum absolute atomic E-state index is 5.75. The number of nitrogens with zero attached hydrogens (tertiary/aromatic N) is 1. The number of hydrogen-bond acceptors (Lipinski definition) is 3. The Hall–Kier alpha value is -1.51. The van der Waals surface area contributed by atoms with Crippen molar-refractivity contribution >= 4 is 5.84 Å². The zero-order valence-corrected chi connectivity index (χ0v) is 10.6. The number of ether oxygens (including phenoxy) is 1. The molecule has 0 aliphatic carbocycles. The second-order valence-electron chi connectivity index (χ2n) is 4.37. The Morgan fingerprint density at radius 3 is 2.71 bits per heavy atom. The maximum atomic E-state index is 5.75. The zero-order chi connectivity index (χ0) is 12.1. The number of benzene rings is 1. The highest BCUT2D eigenvalue weighted by Crippen LogP contribution is 2.15. The fourth-order valence-electron chi connectivity index (χ4n) is 1.73. The maximum Gasteiger partial charge on any atom is 0.128 e. The van der Waals surface area contributed by atoms with Gasteiger partial charge in [0.25, 0.3) is 0 Å². The van der Waals surface area contributed by atoms with E-state index in [-0.39, 0.29) is 6.10 Å². The highest BCUT2D eigenvalue weighted by atomic mass is 16.5. The third kappa shape index (κ3) is 3.22. The minimum absolute atomic E-state index is 0.269. The third-order valence-corrected chi connectivity index (χ3v) is 2.94. The van der Waals surface area contributed by atoms with E-state index in [4.69, 9.17) is 4.74 Å². The molecule has 1 aromatic rings. The fourth-order valence-corrected chi connectivity index (χ4v) is 1.73. The van der Waals surface area contributed by atoms with Crippen molar-refractivity contribution in [1.29, 1.82) is 0 Å². The van der Waals surface area contributed by atoms with E-state index in [9.17, 15) is 0 Å². The Morgan fingerprint density at radius 1 is 1.35 bits per heavy atom. The molecule has 1 aliphatic rings. The first kappa shape index (κ1) is 12.0. The number of aliphatic imine (C=N–C) groups is 1. The lowest BCUT2D eigenvalue weighted by Gasteiger charge is -2.16. The second-order valence-corrected chi connectivity index (χ2v) is 4.37. The van der Waals surface area contributed by atoms with E-state index in [1.807, 2.05) is 12.1 Å². The SMILES string of the molecule is CCC(C)Oc1ccc(C2=NCCCN2)cc1. The van der Waals surface area contributed by atoms with E-state index >= 15 is 0 Å². The largest absolute Gasteiger partial charge is 0.491 e. The minimum atomic E-state index is 0.269. The van der Waals surface area contributed by atoms with Crippen molar-refractivity contribution in [2.75, 3.05) is 13.1 Å². The highest BCUT2D eigenvalue weighted by Gasteiger charge is 2.07. The van der Waals surface area contributed by atoms with E-state index in [1.54, 1.807) is 0 Å². The molecule has 1 N–H and O–H groups in total. The molecule has 1 unspecified atom stereocenters. The molecule has 0 spiro atoms. The van der Waals surface area contributed by atoms with Gasteiger partial charge in [-0.2, -0.15) is 0 Å². The van der Waals surface area contributed by atoms with Gasteiger partial charge < -0.3 is 10.1 Å². The summed E-state index contributed by atoms with van der Waals surface area (Å²) in [7, 11) is 0. The molecule has 0 saturated heterocycles. The zero-order valence-electron chi connectivity index (χ0n) is 10.6. The Morgan fingerprint density at radius 2 is 2.12 bits per heavy atom. The summed E-state index contributed by atoms with van der Waals surface area (Å²) in [6.07, 6.45) is 2.42. The molecule has 2 rings (SSSR count). The Balaban J connectivity index is 2.04. The Labute approximate surface area is 103 Å². The summed E-state index contributed by atoms with van der Waals surface area (Å²) in [6, 6.07) is 8.16. The topological polar surface area (TPSA) is 33.6 Å². The summed E-state index contributed by atoms with van der Waals surface area (Å²) < 4.78 is 5.75. The lowest BCUT2D eigenvalue weighted by atomic mass is 10.1. The van der Waals surface area contributed by atoms with Crippen LogP contribution < -0.4 is 10.1 Å².